The lowest BCUT2D eigenvalue weighted by Gasteiger charge is -2.16. The van der Waals surface area contributed by atoms with E-state index in [-0.39, 0.29) is 18.6 Å². The molecule has 0 aromatic carbocycles. The monoisotopic (exact) mass is 198 g/mol. The van der Waals surface area contributed by atoms with Gasteiger partial charge in [0.1, 0.15) is 0 Å². The average Bonchev–Trinajstić information content (AvgIpc) is 2.17. The first kappa shape index (κ1) is 13.4. The Morgan fingerprint density at radius 3 is 2.29 bits per heavy atom. The third-order valence-electron chi connectivity index (χ3n) is 2.43. The van der Waals surface area contributed by atoms with Crippen molar-refractivity contribution in [1.82, 2.24) is 0 Å². The minimum atomic E-state index is -0.354. The predicted molar refractivity (Wildman–Crippen MR) is 60.1 cm³/mol. The van der Waals surface area contributed by atoms with Crippen molar-refractivity contribution in [2.45, 2.75) is 40.2 Å². The van der Waals surface area contributed by atoms with Crippen LogP contribution in [0.2, 0.25) is 0 Å². The van der Waals surface area contributed by atoms with E-state index in [0.29, 0.717) is 6.42 Å². The third kappa shape index (κ3) is 5.20. The van der Waals surface area contributed by atoms with Crippen LogP contribution in [0.3, 0.4) is 0 Å². The largest absolute Gasteiger partial charge is 0.392 e. The Morgan fingerprint density at radius 1 is 1.29 bits per heavy atom. The number of aliphatic hydroxyl groups is 2. The van der Waals surface area contributed by atoms with Crippen LogP contribution in [0.5, 0.6) is 0 Å². The van der Waals surface area contributed by atoms with Gasteiger partial charge in [0.2, 0.25) is 0 Å². The molecule has 2 heteroatoms. The van der Waals surface area contributed by atoms with Gasteiger partial charge >= 0.3 is 0 Å². The topological polar surface area (TPSA) is 40.5 Å². The summed E-state index contributed by atoms with van der Waals surface area (Å²) in [7, 11) is 0. The van der Waals surface area contributed by atoms with Gasteiger partial charge in [0.15, 0.2) is 0 Å². The first-order valence-corrected chi connectivity index (χ1v) is 5.09. The Hall–Kier alpha value is -0.600. The number of allylic oxidation sites excluding steroid dienone is 1. The molecule has 0 spiro atoms. The minimum Gasteiger partial charge on any atom is -0.392 e. The quantitative estimate of drug-likeness (QED) is 0.665. The van der Waals surface area contributed by atoms with Gasteiger partial charge in [-0.25, -0.2) is 0 Å². The SMILES string of the molecule is C/C=C(\C)C[C@@H](O)[C@H](C)/C=C(\C)CO. The van der Waals surface area contributed by atoms with Crippen LogP contribution in [0, 0.1) is 5.92 Å². The molecule has 0 amide bonds. The molecule has 2 N–H and O–H groups in total. The highest BCUT2D eigenvalue weighted by molar-refractivity contribution is 5.05. The standard InChI is InChI=1S/C12H22O2/c1-5-9(2)7-12(14)11(4)6-10(3)8-13/h5-6,11-14H,7-8H2,1-4H3/b9-5+,10-6+/t11-,12-/m1/s1. The normalized spacial score (nSPS) is 18.1. The lowest BCUT2D eigenvalue weighted by molar-refractivity contribution is 0.137. The van der Waals surface area contributed by atoms with Crippen molar-refractivity contribution in [3.63, 3.8) is 0 Å². The van der Waals surface area contributed by atoms with Gasteiger partial charge in [-0.3, -0.25) is 0 Å². The summed E-state index contributed by atoms with van der Waals surface area (Å²) in [4.78, 5) is 0. The summed E-state index contributed by atoms with van der Waals surface area (Å²) in [6.45, 7) is 7.89. The second-order valence-corrected chi connectivity index (χ2v) is 3.94. The Balaban J connectivity index is 4.19. The van der Waals surface area contributed by atoms with Crippen LogP contribution < -0.4 is 0 Å². The van der Waals surface area contributed by atoms with Crippen molar-refractivity contribution < 1.29 is 10.2 Å². The molecule has 0 saturated heterocycles. The molecule has 0 fully saturated rings. The molecule has 0 radical (unpaired) electrons. The van der Waals surface area contributed by atoms with Gasteiger partial charge < -0.3 is 10.2 Å². The van der Waals surface area contributed by atoms with Crippen molar-refractivity contribution in [2.75, 3.05) is 6.61 Å². The maximum absolute atomic E-state index is 9.80. The van der Waals surface area contributed by atoms with Gasteiger partial charge in [-0.1, -0.05) is 30.2 Å². The van der Waals surface area contributed by atoms with E-state index in [0.717, 1.165) is 5.57 Å². The van der Waals surface area contributed by atoms with Crippen molar-refractivity contribution in [2.24, 2.45) is 5.92 Å². The molecule has 0 aliphatic carbocycles. The lowest BCUT2D eigenvalue weighted by atomic mass is 9.96. The molecule has 0 bridgehead atoms. The summed E-state index contributed by atoms with van der Waals surface area (Å²) in [5, 5.41) is 18.6. The van der Waals surface area contributed by atoms with E-state index in [9.17, 15) is 5.11 Å². The molecule has 0 unspecified atom stereocenters. The zero-order valence-electron chi connectivity index (χ0n) is 9.62. The Labute approximate surface area is 87.0 Å². The Kier molecular flexibility index (Phi) is 6.50. The van der Waals surface area contributed by atoms with Crippen molar-refractivity contribution in [3.8, 4) is 0 Å². The van der Waals surface area contributed by atoms with Gasteiger partial charge in [0.25, 0.3) is 0 Å². The van der Waals surface area contributed by atoms with Crippen LogP contribution in [-0.2, 0) is 0 Å². The molecule has 0 rings (SSSR count). The Bertz CT molecular complexity index is 216. The van der Waals surface area contributed by atoms with E-state index < -0.39 is 0 Å². The molecule has 82 valence electrons. The number of rotatable bonds is 5. The van der Waals surface area contributed by atoms with Crippen molar-refractivity contribution >= 4 is 0 Å². The van der Waals surface area contributed by atoms with E-state index in [1.54, 1.807) is 0 Å². The van der Waals surface area contributed by atoms with Gasteiger partial charge in [0.05, 0.1) is 12.7 Å². The van der Waals surface area contributed by atoms with Crippen LogP contribution in [0.4, 0.5) is 0 Å². The molecule has 0 aromatic heterocycles. The predicted octanol–water partition coefficient (Wildman–Crippen LogP) is 2.28. The smallest absolute Gasteiger partial charge is 0.0639 e. The van der Waals surface area contributed by atoms with E-state index in [2.05, 4.69) is 0 Å². The molecule has 0 aliphatic rings. The molecule has 2 nitrogen and oxygen atoms in total. The van der Waals surface area contributed by atoms with Crippen LogP contribution in [0.1, 0.15) is 34.1 Å². The fourth-order valence-electron chi connectivity index (χ4n) is 1.25. The molecule has 0 aromatic rings. The van der Waals surface area contributed by atoms with Gasteiger partial charge in [0, 0.05) is 5.92 Å². The molecule has 2 atom stereocenters. The second kappa shape index (κ2) is 6.80. The summed E-state index contributed by atoms with van der Waals surface area (Å²) in [5.41, 5.74) is 2.11. The first-order chi connectivity index (χ1) is 6.51. The summed E-state index contributed by atoms with van der Waals surface area (Å²) >= 11 is 0. The fourth-order valence-corrected chi connectivity index (χ4v) is 1.25. The van der Waals surface area contributed by atoms with Crippen LogP contribution in [0.15, 0.2) is 23.3 Å². The third-order valence-corrected chi connectivity index (χ3v) is 2.43. The fraction of sp³-hybridized carbons (Fsp3) is 0.667. The number of hydrogen-bond acceptors (Lipinski definition) is 2. The highest BCUT2D eigenvalue weighted by Gasteiger charge is 2.11. The van der Waals surface area contributed by atoms with Crippen molar-refractivity contribution in [1.29, 1.82) is 0 Å². The molecule has 0 heterocycles. The molecule has 0 aliphatic heterocycles. The lowest BCUT2D eigenvalue weighted by Crippen LogP contribution is -2.16. The van der Waals surface area contributed by atoms with Crippen LogP contribution >= 0.6 is 0 Å². The zero-order valence-corrected chi connectivity index (χ0v) is 9.62. The van der Waals surface area contributed by atoms with Gasteiger partial charge in [-0.15, -0.1) is 0 Å². The summed E-state index contributed by atoms with van der Waals surface area (Å²) in [6.07, 6.45) is 4.28. The summed E-state index contributed by atoms with van der Waals surface area (Å²) in [6, 6.07) is 0. The van der Waals surface area contributed by atoms with Crippen LogP contribution in [0.25, 0.3) is 0 Å². The number of hydrogen-bond donors (Lipinski definition) is 2. The van der Waals surface area contributed by atoms with Crippen molar-refractivity contribution in [3.05, 3.63) is 23.3 Å². The molecular formula is C12H22O2. The second-order valence-electron chi connectivity index (χ2n) is 3.94. The summed E-state index contributed by atoms with van der Waals surface area (Å²) in [5.74, 6) is 0.0945. The maximum atomic E-state index is 9.80. The molecular weight excluding hydrogens is 176 g/mol. The summed E-state index contributed by atoms with van der Waals surface area (Å²) < 4.78 is 0. The maximum Gasteiger partial charge on any atom is 0.0639 e. The van der Waals surface area contributed by atoms with E-state index >= 15 is 0 Å². The zero-order chi connectivity index (χ0) is 11.1. The molecule has 14 heavy (non-hydrogen) atoms. The van der Waals surface area contributed by atoms with E-state index in [1.165, 1.54) is 5.57 Å². The Morgan fingerprint density at radius 2 is 1.86 bits per heavy atom. The van der Waals surface area contributed by atoms with Crippen LogP contribution in [-0.4, -0.2) is 22.9 Å². The first-order valence-electron chi connectivity index (χ1n) is 5.09. The highest BCUT2D eigenvalue weighted by Crippen LogP contribution is 2.15. The average molecular weight is 198 g/mol. The van der Waals surface area contributed by atoms with E-state index in [4.69, 9.17) is 5.11 Å². The number of aliphatic hydroxyl groups excluding tert-OH is 2. The minimum absolute atomic E-state index is 0.0691. The molecule has 0 saturated carbocycles. The van der Waals surface area contributed by atoms with Gasteiger partial charge in [-0.05, 0) is 27.2 Å². The van der Waals surface area contributed by atoms with E-state index in [1.807, 2.05) is 39.8 Å². The van der Waals surface area contributed by atoms with Gasteiger partial charge in [-0.2, -0.15) is 0 Å². The highest BCUT2D eigenvalue weighted by atomic mass is 16.3.